The fraction of sp³-hybridized carbons (Fsp3) is 0.458. The summed E-state index contributed by atoms with van der Waals surface area (Å²) in [6, 6.07) is 14.5. The Bertz CT molecular complexity index is 873. The highest BCUT2D eigenvalue weighted by atomic mass is 16.6. The molecule has 3 unspecified atom stereocenters. The molecule has 0 radical (unpaired) electrons. The van der Waals surface area contributed by atoms with E-state index >= 15 is 0 Å². The quantitative estimate of drug-likeness (QED) is 0.523. The molecule has 2 aromatic rings. The number of ether oxygens (including phenoxy) is 1. The van der Waals surface area contributed by atoms with E-state index in [0.717, 1.165) is 18.4 Å². The predicted octanol–water partition coefficient (Wildman–Crippen LogP) is 5.70. The lowest BCUT2D eigenvalue weighted by Crippen LogP contribution is -2.68. The standard InChI is InChI=1S/C24H28O2/c1-16(14-19-10-7-9-18-8-5-6-11-21(18)19)22(25)26-24-15-20(23(24,3)4)13-12-17(24)2/h5-11,17,20H,1,12-15H2,2-4H3. The van der Waals surface area contributed by atoms with Crippen LogP contribution in [0.5, 0.6) is 0 Å². The van der Waals surface area contributed by atoms with Gasteiger partial charge in [-0.2, -0.15) is 0 Å². The van der Waals surface area contributed by atoms with Crippen molar-refractivity contribution < 1.29 is 9.53 Å². The van der Waals surface area contributed by atoms with Crippen molar-refractivity contribution in [2.75, 3.05) is 0 Å². The Hall–Kier alpha value is -2.09. The summed E-state index contributed by atoms with van der Waals surface area (Å²) in [5, 5.41) is 2.37. The van der Waals surface area contributed by atoms with Crippen LogP contribution in [0.2, 0.25) is 0 Å². The minimum atomic E-state index is -0.311. The second-order valence-corrected chi connectivity index (χ2v) is 8.80. The molecular formula is C24H28O2. The van der Waals surface area contributed by atoms with E-state index in [2.05, 4.69) is 51.6 Å². The SMILES string of the molecule is C=C(Cc1cccc2ccccc12)C(=O)OC12CC(CCC1C)C2(C)C. The van der Waals surface area contributed by atoms with E-state index in [-0.39, 0.29) is 17.0 Å². The first-order chi connectivity index (χ1) is 12.3. The number of esters is 1. The summed E-state index contributed by atoms with van der Waals surface area (Å²) in [5.41, 5.74) is 1.44. The van der Waals surface area contributed by atoms with Gasteiger partial charge in [0.05, 0.1) is 0 Å². The number of carbonyl (C=O) groups is 1. The van der Waals surface area contributed by atoms with Gasteiger partial charge in [-0.1, -0.05) is 69.8 Å². The second-order valence-electron chi connectivity index (χ2n) is 8.80. The molecule has 0 amide bonds. The van der Waals surface area contributed by atoms with Crippen LogP contribution in [-0.4, -0.2) is 11.6 Å². The number of fused-ring (bicyclic) bond motifs is 3. The first kappa shape index (κ1) is 17.3. The van der Waals surface area contributed by atoms with Gasteiger partial charge in [0, 0.05) is 17.4 Å². The van der Waals surface area contributed by atoms with Gasteiger partial charge in [0.1, 0.15) is 5.60 Å². The molecule has 136 valence electrons. The predicted molar refractivity (Wildman–Crippen MR) is 106 cm³/mol. The van der Waals surface area contributed by atoms with E-state index < -0.39 is 0 Å². The van der Waals surface area contributed by atoms with Crippen LogP contribution >= 0.6 is 0 Å². The Morgan fingerprint density at radius 1 is 1.15 bits per heavy atom. The molecule has 2 nitrogen and oxygen atoms in total. The molecular weight excluding hydrogens is 320 g/mol. The molecule has 3 atom stereocenters. The molecule has 3 saturated carbocycles. The van der Waals surface area contributed by atoms with Gasteiger partial charge >= 0.3 is 5.97 Å². The fourth-order valence-electron chi connectivity index (χ4n) is 5.34. The molecule has 0 aliphatic heterocycles. The number of benzene rings is 2. The van der Waals surface area contributed by atoms with Crippen molar-refractivity contribution in [1.29, 1.82) is 0 Å². The van der Waals surface area contributed by atoms with Gasteiger partial charge in [0.15, 0.2) is 0 Å². The molecule has 0 aromatic heterocycles. The van der Waals surface area contributed by atoms with Crippen molar-refractivity contribution in [2.45, 2.75) is 52.1 Å². The number of hydrogen-bond donors (Lipinski definition) is 0. The van der Waals surface area contributed by atoms with E-state index in [1.165, 1.54) is 17.2 Å². The topological polar surface area (TPSA) is 26.3 Å². The monoisotopic (exact) mass is 348 g/mol. The van der Waals surface area contributed by atoms with Gasteiger partial charge in [0.25, 0.3) is 0 Å². The summed E-state index contributed by atoms with van der Waals surface area (Å²) in [5.74, 6) is 0.868. The van der Waals surface area contributed by atoms with Crippen LogP contribution in [0.1, 0.15) is 45.6 Å². The average Bonchev–Trinajstić information content (AvgIpc) is 2.63. The van der Waals surface area contributed by atoms with Gasteiger partial charge in [-0.15, -0.1) is 0 Å². The Morgan fingerprint density at radius 3 is 2.62 bits per heavy atom. The third-order valence-electron chi connectivity index (χ3n) is 7.25. The van der Waals surface area contributed by atoms with Crippen LogP contribution in [0.4, 0.5) is 0 Å². The maximum absolute atomic E-state index is 12.9. The van der Waals surface area contributed by atoms with Gasteiger partial charge < -0.3 is 4.74 Å². The van der Waals surface area contributed by atoms with Crippen molar-refractivity contribution in [2.24, 2.45) is 17.3 Å². The van der Waals surface area contributed by atoms with E-state index in [0.29, 0.717) is 23.8 Å². The van der Waals surface area contributed by atoms with Crippen LogP contribution in [-0.2, 0) is 16.0 Å². The molecule has 0 heterocycles. The Morgan fingerprint density at radius 2 is 1.88 bits per heavy atom. The summed E-state index contributed by atoms with van der Waals surface area (Å²) in [7, 11) is 0. The lowest BCUT2D eigenvalue weighted by Gasteiger charge is -2.66. The summed E-state index contributed by atoms with van der Waals surface area (Å²) < 4.78 is 6.18. The molecule has 3 aliphatic carbocycles. The fourth-order valence-corrected chi connectivity index (χ4v) is 5.34. The molecule has 0 N–H and O–H groups in total. The van der Waals surface area contributed by atoms with E-state index in [1.807, 2.05) is 18.2 Å². The molecule has 0 spiro atoms. The van der Waals surface area contributed by atoms with Gasteiger partial charge in [-0.05, 0) is 47.4 Å². The Labute approximate surface area is 156 Å². The Kier molecular flexibility index (Phi) is 3.98. The van der Waals surface area contributed by atoms with E-state index in [1.54, 1.807) is 0 Å². The van der Waals surface area contributed by atoms with Crippen LogP contribution in [0.25, 0.3) is 10.8 Å². The summed E-state index contributed by atoms with van der Waals surface area (Å²) in [6.45, 7) is 10.8. The highest BCUT2D eigenvalue weighted by Crippen LogP contribution is 2.66. The molecule has 3 fully saturated rings. The zero-order valence-corrected chi connectivity index (χ0v) is 16.0. The highest BCUT2D eigenvalue weighted by molar-refractivity contribution is 5.91. The second kappa shape index (κ2) is 5.97. The summed E-state index contributed by atoms with van der Waals surface area (Å²) in [4.78, 5) is 12.9. The number of hydrogen-bond acceptors (Lipinski definition) is 2. The maximum atomic E-state index is 12.9. The maximum Gasteiger partial charge on any atom is 0.334 e. The molecule has 2 aromatic carbocycles. The van der Waals surface area contributed by atoms with Crippen molar-refractivity contribution in [3.63, 3.8) is 0 Å². The minimum Gasteiger partial charge on any atom is -0.455 e. The average molecular weight is 348 g/mol. The third-order valence-corrected chi connectivity index (χ3v) is 7.25. The highest BCUT2D eigenvalue weighted by Gasteiger charge is 2.67. The van der Waals surface area contributed by atoms with Crippen LogP contribution < -0.4 is 0 Å². The van der Waals surface area contributed by atoms with E-state index in [4.69, 9.17) is 4.74 Å². The van der Waals surface area contributed by atoms with Crippen molar-refractivity contribution >= 4 is 16.7 Å². The number of rotatable bonds is 4. The molecule has 26 heavy (non-hydrogen) atoms. The normalized spacial score (nSPS) is 29.0. The summed E-state index contributed by atoms with van der Waals surface area (Å²) >= 11 is 0. The van der Waals surface area contributed by atoms with Crippen molar-refractivity contribution in [1.82, 2.24) is 0 Å². The molecule has 0 saturated heterocycles. The van der Waals surface area contributed by atoms with Crippen molar-refractivity contribution in [3.05, 3.63) is 60.2 Å². The number of carbonyl (C=O) groups excluding carboxylic acids is 1. The zero-order chi connectivity index (χ0) is 18.5. The smallest absolute Gasteiger partial charge is 0.334 e. The minimum absolute atomic E-state index is 0.0695. The van der Waals surface area contributed by atoms with Crippen molar-refractivity contribution in [3.8, 4) is 0 Å². The third kappa shape index (κ3) is 2.42. The Balaban J connectivity index is 1.53. The zero-order valence-electron chi connectivity index (χ0n) is 16.0. The molecule has 2 bridgehead atoms. The molecule has 5 rings (SSSR count). The van der Waals surface area contributed by atoms with Crippen LogP contribution in [0.15, 0.2) is 54.6 Å². The van der Waals surface area contributed by atoms with Crippen LogP contribution in [0, 0.1) is 17.3 Å². The molecule has 2 heteroatoms. The van der Waals surface area contributed by atoms with E-state index in [9.17, 15) is 4.79 Å². The largest absolute Gasteiger partial charge is 0.455 e. The summed E-state index contributed by atoms with van der Waals surface area (Å²) in [6.07, 6.45) is 3.95. The van der Waals surface area contributed by atoms with Gasteiger partial charge in [-0.25, -0.2) is 4.79 Å². The van der Waals surface area contributed by atoms with Gasteiger partial charge in [-0.3, -0.25) is 0 Å². The lowest BCUT2D eigenvalue weighted by molar-refractivity contribution is -0.264. The molecule has 3 aliphatic rings. The lowest BCUT2D eigenvalue weighted by atomic mass is 9.42. The van der Waals surface area contributed by atoms with Gasteiger partial charge in [0.2, 0.25) is 0 Å². The van der Waals surface area contributed by atoms with Crippen LogP contribution in [0.3, 0.4) is 0 Å². The first-order valence-corrected chi connectivity index (χ1v) is 9.73. The first-order valence-electron chi connectivity index (χ1n) is 9.73.